The lowest BCUT2D eigenvalue weighted by molar-refractivity contribution is 0.444. The van der Waals surface area contributed by atoms with E-state index in [1.165, 1.54) is 44.1 Å². The van der Waals surface area contributed by atoms with Gasteiger partial charge in [0.15, 0.2) is 0 Å². The average molecular weight is 468 g/mol. The zero-order valence-corrected chi connectivity index (χ0v) is 21.8. The minimum Gasteiger partial charge on any atom is -0.398 e. The van der Waals surface area contributed by atoms with E-state index in [0.717, 1.165) is 34.0 Å². The van der Waals surface area contributed by atoms with Crippen LogP contribution in [0.4, 0.5) is 17.1 Å². The van der Waals surface area contributed by atoms with Crippen LogP contribution in [0.1, 0.15) is 58.4 Å². The van der Waals surface area contributed by atoms with Crippen molar-refractivity contribution in [2.75, 3.05) is 30.0 Å². The maximum Gasteiger partial charge on any atom is 0.0632 e. The van der Waals surface area contributed by atoms with Crippen molar-refractivity contribution in [2.24, 2.45) is 15.3 Å². The summed E-state index contributed by atoms with van der Waals surface area (Å²) in [5.74, 6) is 0.338. The summed E-state index contributed by atoms with van der Waals surface area (Å²) in [5, 5.41) is 3.60. The highest BCUT2D eigenvalue weighted by Crippen LogP contribution is 2.32. The Kier molecular flexibility index (Phi) is 10.8. The molecule has 1 atom stereocenters. The van der Waals surface area contributed by atoms with Crippen molar-refractivity contribution in [1.82, 2.24) is 0 Å². The monoisotopic (exact) mass is 467 g/mol. The molecule has 3 N–H and O–H groups in total. The quantitative estimate of drug-likeness (QED) is 0.161. The number of aliphatic imine (C=N–C) groups is 1. The van der Waals surface area contributed by atoms with E-state index in [4.69, 9.17) is 15.1 Å². The van der Waals surface area contributed by atoms with E-state index in [-0.39, 0.29) is 5.25 Å². The van der Waals surface area contributed by atoms with Crippen molar-refractivity contribution in [3.05, 3.63) is 54.8 Å². The number of allylic oxidation sites excluding steroid dienone is 3. The first-order valence-corrected chi connectivity index (χ1v) is 12.7. The number of nitrogens with two attached hydrogens (primary N) is 1. The molecule has 5 nitrogen and oxygen atoms in total. The predicted octanol–water partition coefficient (Wildman–Crippen LogP) is 6.89. The number of hydrogen-bond acceptors (Lipinski definition) is 6. The standard InChI is InChI=1S/C27H41N5S/c1-8-9-15-25(19(2)3)31-33-21(5)20(4)30-26-16-22(24(28)17-27(26)32(6)7)18-29-23-13-11-10-12-14-23/h8-9,15-19,21,23,30H,1,4,10-14,28H2,2-3,5-7H3/b15-9-,29-18?,31-25?. The Balaban J connectivity index is 2.19. The summed E-state index contributed by atoms with van der Waals surface area (Å²) in [5.41, 5.74) is 12.0. The van der Waals surface area contributed by atoms with Gasteiger partial charge in [-0.15, -0.1) is 0 Å². The Hall–Kier alpha value is -2.47. The van der Waals surface area contributed by atoms with Crippen LogP contribution < -0.4 is 16.0 Å². The highest BCUT2D eigenvalue weighted by molar-refractivity contribution is 7.99. The largest absolute Gasteiger partial charge is 0.398 e. The van der Waals surface area contributed by atoms with Crippen molar-refractivity contribution >= 4 is 40.9 Å². The lowest BCUT2D eigenvalue weighted by Crippen LogP contribution is -2.16. The van der Waals surface area contributed by atoms with Gasteiger partial charge in [-0.3, -0.25) is 4.99 Å². The predicted molar refractivity (Wildman–Crippen MR) is 151 cm³/mol. The lowest BCUT2D eigenvalue weighted by atomic mass is 9.96. The first kappa shape index (κ1) is 26.8. The average Bonchev–Trinajstić information content (AvgIpc) is 2.79. The third kappa shape index (κ3) is 8.43. The minimum atomic E-state index is 0.0859. The van der Waals surface area contributed by atoms with Crippen LogP contribution in [0.3, 0.4) is 0 Å². The molecule has 1 saturated carbocycles. The second-order valence-corrected chi connectivity index (χ2v) is 10.2. The second-order valence-electron chi connectivity index (χ2n) is 9.13. The number of benzene rings is 1. The molecule has 0 aliphatic heterocycles. The second kappa shape index (κ2) is 13.3. The Bertz CT molecular complexity index is 892. The molecule has 0 aromatic heterocycles. The SMILES string of the molecule is C=C/C=C\C(=NSC(C)C(=C)Nc1cc(C=NC2CCCCC2)c(N)cc1N(C)C)C(C)C. The molecular weight excluding hydrogens is 426 g/mol. The zero-order valence-electron chi connectivity index (χ0n) is 21.0. The maximum atomic E-state index is 6.38. The van der Waals surface area contributed by atoms with Gasteiger partial charge in [0.05, 0.1) is 22.3 Å². The Labute approximate surface area is 205 Å². The number of rotatable bonds is 11. The minimum absolute atomic E-state index is 0.0859. The lowest BCUT2D eigenvalue weighted by Gasteiger charge is -2.23. The molecule has 1 aromatic carbocycles. The molecule has 0 radical (unpaired) electrons. The number of nitrogens with zero attached hydrogens (tertiary/aromatic N) is 3. The topological polar surface area (TPSA) is 66.0 Å². The van der Waals surface area contributed by atoms with Gasteiger partial charge in [0.1, 0.15) is 0 Å². The van der Waals surface area contributed by atoms with Gasteiger partial charge in [-0.05, 0) is 55.8 Å². The van der Waals surface area contributed by atoms with E-state index in [0.29, 0.717) is 12.0 Å². The van der Waals surface area contributed by atoms with E-state index in [1.54, 1.807) is 6.08 Å². The van der Waals surface area contributed by atoms with Crippen LogP contribution in [0.15, 0.2) is 58.6 Å². The molecule has 180 valence electrons. The van der Waals surface area contributed by atoms with Crippen molar-refractivity contribution in [2.45, 2.75) is 64.2 Å². The van der Waals surface area contributed by atoms with E-state index in [9.17, 15) is 0 Å². The van der Waals surface area contributed by atoms with E-state index in [1.807, 2.05) is 38.5 Å². The van der Waals surface area contributed by atoms with Crippen LogP contribution in [0.5, 0.6) is 0 Å². The van der Waals surface area contributed by atoms with Crippen LogP contribution in [-0.2, 0) is 0 Å². The molecule has 33 heavy (non-hydrogen) atoms. The van der Waals surface area contributed by atoms with E-state index in [2.05, 4.69) is 50.2 Å². The van der Waals surface area contributed by atoms with E-state index >= 15 is 0 Å². The molecule has 1 aliphatic carbocycles. The van der Waals surface area contributed by atoms with Crippen LogP contribution in [-0.4, -0.2) is 37.3 Å². The smallest absolute Gasteiger partial charge is 0.0632 e. The summed E-state index contributed by atoms with van der Waals surface area (Å²) in [4.78, 5) is 6.89. The first-order valence-electron chi connectivity index (χ1n) is 11.9. The van der Waals surface area contributed by atoms with Crippen molar-refractivity contribution < 1.29 is 0 Å². The van der Waals surface area contributed by atoms with Gasteiger partial charge in [-0.1, -0.05) is 58.4 Å². The molecule has 1 fully saturated rings. The number of hydrogen-bond donors (Lipinski definition) is 2. The highest BCUT2D eigenvalue weighted by atomic mass is 32.2. The van der Waals surface area contributed by atoms with Gasteiger partial charge in [0.2, 0.25) is 0 Å². The fourth-order valence-electron chi connectivity index (χ4n) is 3.59. The third-order valence-corrected chi connectivity index (χ3v) is 6.70. The maximum absolute atomic E-state index is 6.38. The zero-order chi connectivity index (χ0) is 24.4. The third-order valence-electron chi connectivity index (χ3n) is 5.78. The van der Waals surface area contributed by atoms with Gasteiger partial charge in [-0.2, -0.15) is 0 Å². The van der Waals surface area contributed by atoms with Crippen LogP contribution in [0.25, 0.3) is 0 Å². The molecular formula is C27H41N5S. The van der Waals surface area contributed by atoms with Crippen LogP contribution >= 0.6 is 11.9 Å². The Morgan fingerprint density at radius 3 is 2.52 bits per heavy atom. The van der Waals surface area contributed by atoms with Gasteiger partial charge < -0.3 is 16.0 Å². The summed E-state index contributed by atoms with van der Waals surface area (Å²) in [6.45, 7) is 14.4. The van der Waals surface area contributed by atoms with Gasteiger partial charge >= 0.3 is 0 Å². The summed E-state index contributed by atoms with van der Waals surface area (Å²) >= 11 is 1.52. The van der Waals surface area contributed by atoms with Crippen LogP contribution in [0.2, 0.25) is 0 Å². The summed E-state index contributed by atoms with van der Waals surface area (Å²) in [6, 6.07) is 4.50. The Morgan fingerprint density at radius 2 is 1.91 bits per heavy atom. The molecule has 0 spiro atoms. The van der Waals surface area contributed by atoms with Gasteiger partial charge in [0.25, 0.3) is 0 Å². The fraction of sp³-hybridized carbons (Fsp3) is 0.481. The Morgan fingerprint density at radius 1 is 1.21 bits per heavy atom. The number of nitrogen functional groups attached to an aromatic ring is 1. The van der Waals surface area contributed by atoms with Crippen molar-refractivity contribution in [1.29, 1.82) is 0 Å². The molecule has 1 aromatic rings. The molecule has 1 unspecified atom stereocenters. The number of nitrogens with one attached hydrogen (secondary N) is 1. The molecule has 6 heteroatoms. The van der Waals surface area contributed by atoms with Gasteiger partial charge in [0, 0.05) is 43.3 Å². The summed E-state index contributed by atoms with van der Waals surface area (Å²) in [6.07, 6.45) is 13.8. The molecule has 2 rings (SSSR count). The molecule has 0 heterocycles. The van der Waals surface area contributed by atoms with Crippen molar-refractivity contribution in [3.63, 3.8) is 0 Å². The summed E-state index contributed by atoms with van der Waals surface area (Å²) < 4.78 is 4.74. The van der Waals surface area contributed by atoms with E-state index < -0.39 is 0 Å². The highest BCUT2D eigenvalue weighted by Gasteiger charge is 2.15. The molecule has 0 saturated heterocycles. The number of anilines is 3. The molecule has 0 amide bonds. The van der Waals surface area contributed by atoms with Crippen LogP contribution in [0, 0.1) is 5.92 Å². The summed E-state index contributed by atoms with van der Waals surface area (Å²) in [7, 11) is 4.03. The molecule has 0 bridgehead atoms. The van der Waals surface area contributed by atoms with Gasteiger partial charge in [-0.25, -0.2) is 4.40 Å². The van der Waals surface area contributed by atoms with Crippen molar-refractivity contribution in [3.8, 4) is 0 Å². The normalized spacial score (nSPS) is 16.5. The first-order chi connectivity index (χ1) is 15.7. The molecule has 1 aliphatic rings. The fourth-order valence-corrected chi connectivity index (χ4v) is 4.33.